The number of amides is 1. The molecule has 4 rings (SSSR count). The second kappa shape index (κ2) is 6.57. The summed E-state index contributed by atoms with van der Waals surface area (Å²) in [6.07, 6.45) is 1.36. The van der Waals surface area contributed by atoms with Gasteiger partial charge in [-0.3, -0.25) is 4.79 Å². The first-order valence-electron chi connectivity index (χ1n) is 8.41. The molecule has 6 heteroatoms. The first-order valence-corrected chi connectivity index (χ1v) is 10.0. The molecule has 0 radical (unpaired) electrons. The summed E-state index contributed by atoms with van der Waals surface area (Å²) in [7, 11) is 0. The van der Waals surface area contributed by atoms with E-state index in [1.165, 1.54) is 4.88 Å². The molecule has 2 unspecified atom stereocenters. The second-order valence-electron chi connectivity index (χ2n) is 6.51. The Kier molecular flexibility index (Phi) is 4.41. The van der Waals surface area contributed by atoms with Gasteiger partial charge >= 0.3 is 0 Å². The number of halogens is 1. The third-order valence-electron chi connectivity index (χ3n) is 4.76. The molecule has 2 heterocycles. The van der Waals surface area contributed by atoms with E-state index in [2.05, 4.69) is 33.2 Å². The van der Waals surface area contributed by atoms with Gasteiger partial charge in [0.2, 0.25) is 0 Å². The fraction of sp³-hybridized carbons (Fsp3) is 0.368. The molecule has 2 atom stereocenters. The van der Waals surface area contributed by atoms with Gasteiger partial charge in [0.25, 0.3) is 5.91 Å². The van der Waals surface area contributed by atoms with Crippen LogP contribution in [0, 0.1) is 12.8 Å². The van der Waals surface area contributed by atoms with Crippen molar-refractivity contribution in [3.63, 3.8) is 0 Å². The van der Waals surface area contributed by atoms with Crippen molar-refractivity contribution in [3.8, 4) is 0 Å². The number of nitrogens with zero attached hydrogens (tertiary/aromatic N) is 1. The third-order valence-corrected chi connectivity index (χ3v) is 6.32. The molecule has 0 saturated heterocycles. The van der Waals surface area contributed by atoms with E-state index in [4.69, 9.17) is 4.74 Å². The number of aryl methyl sites for hydroxylation is 2. The minimum Gasteiger partial charge on any atom is -0.484 e. The third kappa shape index (κ3) is 3.13. The van der Waals surface area contributed by atoms with Gasteiger partial charge in [-0.2, -0.15) is 0 Å². The molecule has 0 saturated carbocycles. The Hall–Kier alpha value is -1.66. The number of rotatable bonds is 3. The first kappa shape index (κ1) is 16.8. The van der Waals surface area contributed by atoms with Gasteiger partial charge in [0, 0.05) is 33.8 Å². The molecule has 0 fully saturated rings. The second-order valence-corrected chi connectivity index (χ2v) is 8.72. The zero-order valence-electron chi connectivity index (χ0n) is 14.1. The smallest absolute Gasteiger partial charge is 0.261 e. The number of carbonyl (C=O) groups excluding carboxylic acids is 1. The predicted octanol–water partition coefficient (Wildman–Crippen LogP) is 4.22. The van der Waals surface area contributed by atoms with E-state index in [9.17, 15) is 4.79 Å². The molecule has 4 nitrogen and oxygen atoms in total. The van der Waals surface area contributed by atoms with Crippen LogP contribution in [0.5, 0.6) is 0 Å². The quantitative estimate of drug-likeness (QED) is 0.811. The number of hydrogen-bond donors (Lipinski definition) is 1. The van der Waals surface area contributed by atoms with Crippen LogP contribution in [-0.4, -0.2) is 17.0 Å². The van der Waals surface area contributed by atoms with Gasteiger partial charge in [-0.25, -0.2) is 4.98 Å². The lowest BCUT2D eigenvalue weighted by atomic mass is 9.89. The van der Waals surface area contributed by atoms with Crippen LogP contribution in [0.2, 0.25) is 0 Å². The average Bonchev–Trinajstić information content (AvgIpc) is 3.13. The molecule has 1 N–H and O–H groups in total. The maximum Gasteiger partial charge on any atom is 0.261 e. The Bertz CT molecular complexity index is 857. The fourth-order valence-electron chi connectivity index (χ4n) is 3.51. The number of aromatic nitrogens is 1. The largest absolute Gasteiger partial charge is 0.484 e. The van der Waals surface area contributed by atoms with Gasteiger partial charge < -0.3 is 10.1 Å². The van der Waals surface area contributed by atoms with Crippen LogP contribution in [0.1, 0.15) is 34.5 Å². The highest BCUT2D eigenvalue weighted by Crippen LogP contribution is 2.45. The summed E-state index contributed by atoms with van der Waals surface area (Å²) in [5.41, 5.74) is 3.26. The molecule has 1 aromatic carbocycles. The van der Waals surface area contributed by atoms with Gasteiger partial charge in [0.15, 0.2) is 6.10 Å². The summed E-state index contributed by atoms with van der Waals surface area (Å²) in [6, 6.07) is 7.94. The number of benzene rings is 1. The van der Waals surface area contributed by atoms with E-state index in [0.29, 0.717) is 6.54 Å². The zero-order chi connectivity index (χ0) is 17.6. The van der Waals surface area contributed by atoms with E-state index >= 15 is 0 Å². The SMILES string of the molecule is Cc1nc2c(s1)CCC1=C2C(C)C(C(=O)NCc2ccc(Br)cc2)O1. The predicted molar refractivity (Wildman–Crippen MR) is 102 cm³/mol. The van der Waals surface area contributed by atoms with E-state index in [1.54, 1.807) is 11.3 Å². The number of nitrogens with one attached hydrogen (secondary N) is 1. The van der Waals surface area contributed by atoms with Gasteiger partial charge in [-0.15, -0.1) is 11.3 Å². The molecule has 130 valence electrons. The van der Waals surface area contributed by atoms with E-state index in [0.717, 1.165) is 44.9 Å². The molecular weight excluding hydrogens is 400 g/mol. The Balaban J connectivity index is 1.46. The molecule has 1 aromatic heterocycles. The molecule has 1 aliphatic carbocycles. The maximum absolute atomic E-state index is 12.7. The summed E-state index contributed by atoms with van der Waals surface area (Å²) in [6.45, 7) is 4.60. The first-order chi connectivity index (χ1) is 12.0. The monoisotopic (exact) mass is 418 g/mol. The maximum atomic E-state index is 12.7. The van der Waals surface area contributed by atoms with Crippen LogP contribution in [0.25, 0.3) is 5.57 Å². The number of carbonyl (C=O) groups is 1. The highest BCUT2D eigenvalue weighted by molar-refractivity contribution is 9.10. The fourth-order valence-corrected chi connectivity index (χ4v) is 4.73. The summed E-state index contributed by atoms with van der Waals surface area (Å²) in [4.78, 5) is 18.7. The lowest BCUT2D eigenvalue weighted by Crippen LogP contribution is -2.37. The number of allylic oxidation sites excluding steroid dienone is 1. The number of fused-ring (bicyclic) bond motifs is 2. The summed E-state index contributed by atoms with van der Waals surface area (Å²) < 4.78 is 7.07. The Morgan fingerprint density at radius 2 is 2.12 bits per heavy atom. The lowest BCUT2D eigenvalue weighted by Gasteiger charge is -2.17. The minimum absolute atomic E-state index is 0.0282. The zero-order valence-corrected chi connectivity index (χ0v) is 16.5. The molecular formula is C19H19BrN2O2S. The van der Waals surface area contributed by atoms with Crippen molar-refractivity contribution >= 4 is 38.7 Å². The summed E-state index contributed by atoms with van der Waals surface area (Å²) >= 11 is 5.17. The molecule has 25 heavy (non-hydrogen) atoms. The number of thiazole rings is 1. The standard InChI is InChI=1S/C19H19BrN2O2S/c1-10-16-14(7-8-15-17(16)22-11(2)25-15)24-18(10)19(23)21-9-12-3-5-13(20)6-4-12/h3-6,10,18H,7-9H2,1-2H3,(H,21,23). The van der Waals surface area contributed by atoms with E-state index in [1.807, 2.05) is 31.2 Å². The molecule has 1 aliphatic heterocycles. The van der Waals surface area contributed by atoms with Crippen LogP contribution in [0.15, 0.2) is 34.5 Å². The van der Waals surface area contributed by atoms with Crippen molar-refractivity contribution in [2.75, 3.05) is 0 Å². The minimum atomic E-state index is -0.464. The van der Waals surface area contributed by atoms with Crippen LogP contribution in [0.3, 0.4) is 0 Å². The molecule has 1 amide bonds. The highest BCUT2D eigenvalue weighted by atomic mass is 79.9. The van der Waals surface area contributed by atoms with Crippen LogP contribution in [0.4, 0.5) is 0 Å². The van der Waals surface area contributed by atoms with Gasteiger partial charge in [-0.05, 0) is 31.0 Å². The van der Waals surface area contributed by atoms with Crippen LogP contribution >= 0.6 is 27.3 Å². The average molecular weight is 419 g/mol. The van der Waals surface area contributed by atoms with Crippen LogP contribution in [-0.2, 0) is 22.5 Å². The molecule has 2 aliphatic rings. The van der Waals surface area contributed by atoms with Crippen LogP contribution < -0.4 is 5.32 Å². The lowest BCUT2D eigenvalue weighted by molar-refractivity contribution is -0.131. The van der Waals surface area contributed by atoms with Crippen molar-refractivity contribution < 1.29 is 9.53 Å². The molecule has 0 spiro atoms. The Morgan fingerprint density at radius 1 is 1.36 bits per heavy atom. The van der Waals surface area contributed by atoms with Crippen molar-refractivity contribution in [3.05, 3.63) is 55.6 Å². The number of ether oxygens (including phenoxy) is 1. The van der Waals surface area contributed by atoms with Crippen molar-refractivity contribution in [1.29, 1.82) is 0 Å². The van der Waals surface area contributed by atoms with Crippen molar-refractivity contribution in [2.24, 2.45) is 5.92 Å². The van der Waals surface area contributed by atoms with Crippen molar-refractivity contribution in [2.45, 2.75) is 39.3 Å². The van der Waals surface area contributed by atoms with Gasteiger partial charge in [0.1, 0.15) is 5.76 Å². The highest BCUT2D eigenvalue weighted by Gasteiger charge is 2.42. The van der Waals surface area contributed by atoms with Crippen molar-refractivity contribution in [1.82, 2.24) is 10.3 Å². The Labute approximate surface area is 159 Å². The summed E-state index contributed by atoms with van der Waals surface area (Å²) in [5.74, 6) is 0.924. The number of hydrogen-bond acceptors (Lipinski definition) is 4. The van der Waals surface area contributed by atoms with Gasteiger partial charge in [0.05, 0.1) is 10.7 Å². The molecule has 0 bridgehead atoms. The topological polar surface area (TPSA) is 51.2 Å². The van der Waals surface area contributed by atoms with E-state index in [-0.39, 0.29) is 11.8 Å². The summed E-state index contributed by atoms with van der Waals surface area (Å²) in [5, 5.41) is 4.08. The van der Waals surface area contributed by atoms with Gasteiger partial charge in [-0.1, -0.05) is 35.0 Å². The normalized spacial score (nSPS) is 21.6. The van der Waals surface area contributed by atoms with E-state index < -0.39 is 6.10 Å². The molecule has 2 aromatic rings. The Morgan fingerprint density at radius 3 is 2.88 bits per heavy atom.